The molecule has 0 unspecified atom stereocenters. The van der Waals surface area contributed by atoms with Gasteiger partial charge in [-0.05, 0) is 30.7 Å². The molecule has 9 nitrogen and oxygen atoms in total. The van der Waals surface area contributed by atoms with E-state index in [1.165, 1.54) is 24.3 Å². The van der Waals surface area contributed by atoms with Crippen LogP contribution in [0.3, 0.4) is 0 Å². The number of carbonyl (C=O) groups is 2. The SMILES string of the molecule is C=CC(=O)N1CCN2Cc3c(N4CCOCC4)nc(-c4c(O)cccc4F)c(C)c3N(C)C(=O)[C@H]2C1. The molecule has 2 saturated heterocycles. The first-order chi connectivity index (χ1) is 17.3. The molecular formula is C26H30FN5O4. The van der Waals surface area contributed by atoms with Crippen LogP contribution in [0.25, 0.3) is 11.3 Å². The van der Waals surface area contributed by atoms with Crippen LogP contribution in [0.1, 0.15) is 11.1 Å². The van der Waals surface area contributed by atoms with Crippen LogP contribution in [-0.2, 0) is 20.9 Å². The number of carbonyl (C=O) groups excluding carboxylic acids is 2. The first-order valence-electron chi connectivity index (χ1n) is 12.1. The van der Waals surface area contributed by atoms with E-state index in [9.17, 15) is 14.7 Å². The molecule has 0 saturated carbocycles. The lowest BCUT2D eigenvalue weighted by Gasteiger charge is -2.39. The number of piperazine rings is 1. The summed E-state index contributed by atoms with van der Waals surface area (Å²) in [6.45, 7) is 9.40. The van der Waals surface area contributed by atoms with E-state index in [-0.39, 0.29) is 29.7 Å². The van der Waals surface area contributed by atoms with Gasteiger partial charge in [-0.15, -0.1) is 0 Å². The molecule has 1 aromatic carbocycles. The lowest BCUT2D eigenvalue weighted by atomic mass is 9.99. The minimum atomic E-state index is -0.586. The Hall–Kier alpha value is -3.50. The standard InChI is InChI=1S/C26H30FN5O4/c1-4-21(34)32-9-8-31-14-17-24(29(3)26(35)19(31)15-32)16(2)23(22-18(27)6-5-7-20(22)33)28-25(17)30-10-12-36-13-11-30/h4-7,19,33H,1,8-15H2,2-3H3/t19-/m1/s1. The van der Waals surface area contributed by atoms with Gasteiger partial charge in [-0.1, -0.05) is 12.6 Å². The summed E-state index contributed by atoms with van der Waals surface area (Å²) in [4.78, 5) is 38.4. The average molecular weight is 496 g/mol. The molecule has 2 fully saturated rings. The van der Waals surface area contributed by atoms with Crippen LogP contribution in [-0.4, -0.2) is 90.7 Å². The number of morpholine rings is 1. The number of anilines is 2. The number of benzene rings is 1. The van der Waals surface area contributed by atoms with Crippen molar-refractivity contribution in [3.8, 4) is 17.0 Å². The van der Waals surface area contributed by atoms with Crippen molar-refractivity contribution in [2.24, 2.45) is 0 Å². The number of phenolic OH excluding ortho intramolecular Hbond substituents is 1. The van der Waals surface area contributed by atoms with Gasteiger partial charge in [0.2, 0.25) is 11.8 Å². The van der Waals surface area contributed by atoms with E-state index in [0.717, 1.165) is 5.56 Å². The van der Waals surface area contributed by atoms with Crippen LogP contribution in [0.2, 0.25) is 0 Å². The van der Waals surface area contributed by atoms with Crippen LogP contribution in [0, 0.1) is 12.7 Å². The molecule has 10 heteroatoms. The first kappa shape index (κ1) is 24.2. The van der Waals surface area contributed by atoms with E-state index in [0.29, 0.717) is 68.7 Å². The third-order valence-corrected chi connectivity index (χ3v) is 7.31. The Morgan fingerprint density at radius 3 is 2.69 bits per heavy atom. The highest BCUT2D eigenvalue weighted by Crippen LogP contribution is 2.43. The normalized spacial score (nSPS) is 20.6. The number of hydrogen-bond acceptors (Lipinski definition) is 7. The third kappa shape index (κ3) is 4.00. The summed E-state index contributed by atoms with van der Waals surface area (Å²) in [6, 6.07) is 3.64. The Labute approximate surface area is 209 Å². The van der Waals surface area contributed by atoms with Crippen molar-refractivity contribution in [3.63, 3.8) is 0 Å². The van der Waals surface area contributed by atoms with Gasteiger partial charge >= 0.3 is 0 Å². The zero-order valence-electron chi connectivity index (χ0n) is 20.5. The van der Waals surface area contributed by atoms with E-state index in [2.05, 4.69) is 16.4 Å². The molecule has 36 heavy (non-hydrogen) atoms. The van der Waals surface area contributed by atoms with Crippen molar-refractivity contribution < 1.29 is 23.8 Å². The molecule has 3 aliphatic rings. The smallest absolute Gasteiger partial charge is 0.246 e. The summed E-state index contributed by atoms with van der Waals surface area (Å²) < 4.78 is 20.5. The van der Waals surface area contributed by atoms with Crippen molar-refractivity contribution >= 4 is 23.3 Å². The number of aromatic hydroxyl groups is 1. The monoisotopic (exact) mass is 495 g/mol. The second-order valence-corrected chi connectivity index (χ2v) is 9.34. The second-order valence-electron chi connectivity index (χ2n) is 9.34. The van der Waals surface area contributed by atoms with Gasteiger partial charge in [0.1, 0.15) is 23.4 Å². The molecule has 5 rings (SSSR count). The fourth-order valence-corrected chi connectivity index (χ4v) is 5.44. The van der Waals surface area contributed by atoms with E-state index >= 15 is 4.39 Å². The second kappa shape index (κ2) is 9.51. The van der Waals surface area contributed by atoms with Crippen molar-refractivity contribution in [2.45, 2.75) is 19.5 Å². The van der Waals surface area contributed by atoms with Gasteiger partial charge in [-0.25, -0.2) is 9.37 Å². The number of fused-ring (bicyclic) bond motifs is 2. The molecule has 0 radical (unpaired) electrons. The molecular weight excluding hydrogens is 465 g/mol. The Balaban J connectivity index is 1.68. The molecule has 2 amide bonds. The maximum Gasteiger partial charge on any atom is 0.246 e. The molecule has 190 valence electrons. The van der Waals surface area contributed by atoms with E-state index in [1.54, 1.807) is 23.8 Å². The van der Waals surface area contributed by atoms with Crippen molar-refractivity contribution in [2.75, 3.05) is 62.8 Å². The number of ether oxygens (including phenoxy) is 1. The third-order valence-electron chi connectivity index (χ3n) is 7.31. The number of amides is 2. The first-order valence-corrected chi connectivity index (χ1v) is 12.1. The number of halogens is 1. The number of nitrogens with zero attached hydrogens (tertiary/aromatic N) is 5. The van der Waals surface area contributed by atoms with Crippen molar-refractivity contribution in [1.82, 2.24) is 14.8 Å². The summed E-state index contributed by atoms with van der Waals surface area (Å²) in [5.41, 5.74) is 2.45. The van der Waals surface area contributed by atoms with Gasteiger partial charge in [0.15, 0.2) is 0 Å². The molecule has 2 aromatic rings. The highest BCUT2D eigenvalue weighted by atomic mass is 19.1. The Morgan fingerprint density at radius 2 is 2.00 bits per heavy atom. The average Bonchev–Trinajstić information content (AvgIpc) is 2.99. The highest BCUT2D eigenvalue weighted by molar-refractivity contribution is 6.01. The Bertz CT molecular complexity index is 1210. The zero-order chi connectivity index (χ0) is 25.6. The van der Waals surface area contributed by atoms with Crippen molar-refractivity contribution in [3.05, 3.63) is 47.8 Å². The summed E-state index contributed by atoms with van der Waals surface area (Å²) in [7, 11) is 1.71. The molecule has 0 bridgehead atoms. The van der Waals surface area contributed by atoms with Crippen molar-refractivity contribution in [1.29, 1.82) is 0 Å². The maximum absolute atomic E-state index is 15.0. The molecule has 0 spiro atoms. The molecule has 4 heterocycles. The quantitative estimate of drug-likeness (QED) is 0.651. The number of rotatable bonds is 3. The van der Waals surface area contributed by atoms with Gasteiger partial charge in [0.05, 0.1) is 30.2 Å². The van der Waals surface area contributed by atoms with E-state index < -0.39 is 11.9 Å². The summed E-state index contributed by atoms with van der Waals surface area (Å²) in [5, 5.41) is 10.6. The van der Waals surface area contributed by atoms with Gasteiger partial charge in [0, 0.05) is 51.9 Å². The van der Waals surface area contributed by atoms with Gasteiger partial charge < -0.3 is 24.5 Å². The van der Waals surface area contributed by atoms with Crippen LogP contribution < -0.4 is 9.80 Å². The maximum atomic E-state index is 15.0. The molecule has 1 atom stereocenters. The van der Waals surface area contributed by atoms with E-state index in [4.69, 9.17) is 9.72 Å². The fourth-order valence-electron chi connectivity index (χ4n) is 5.44. The lowest BCUT2D eigenvalue weighted by Crippen LogP contribution is -2.58. The fraction of sp³-hybridized carbons (Fsp3) is 0.423. The number of aromatic nitrogens is 1. The molecule has 3 aliphatic heterocycles. The summed E-state index contributed by atoms with van der Waals surface area (Å²) in [6.07, 6.45) is 1.27. The Kier molecular flexibility index (Phi) is 6.40. The van der Waals surface area contributed by atoms with Crippen LogP contribution >= 0.6 is 0 Å². The highest BCUT2D eigenvalue weighted by Gasteiger charge is 2.41. The Morgan fingerprint density at radius 1 is 1.25 bits per heavy atom. The van der Waals surface area contributed by atoms with Crippen LogP contribution in [0.4, 0.5) is 15.9 Å². The summed E-state index contributed by atoms with van der Waals surface area (Å²) >= 11 is 0. The van der Waals surface area contributed by atoms with Gasteiger partial charge in [0.25, 0.3) is 0 Å². The van der Waals surface area contributed by atoms with Gasteiger partial charge in [-0.2, -0.15) is 0 Å². The predicted molar refractivity (Wildman–Crippen MR) is 133 cm³/mol. The zero-order valence-corrected chi connectivity index (χ0v) is 20.5. The summed E-state index contributed by atoms with van der Waals surface area (Å²) in [5.74, 6) is -0.493. The number of pyridine rings is 1. The van der Waals surface area contributed by atoms with Crippen LogP contribution in [0.5, 0.6) is 5.75 Å². The molecule has 0 aliphatic carbocycles. The molecule has 1 aromatic heterocycles. The lowest BCUT2D eigenvalue weighted by molar-refractivity contribution is -0.133. The minimum absolute atomic E-state index is 0.0119. The number of likely N-dealkylation sites (N-methyl/N-ethyl adjacent to an activating group) is 1. The predicted octanol–water partition coefficient (Wildman–Crippen LogP) is 1.91. The number of hydrogen-bond donors (Lipinski definition) is 1. The van der Waals surface area contributed by atoms with E-state index in [1.807, 2.05) is 0 Å². The van der Waals surface area contributed by atoms with Gasteiger partial charge in [-0.3, -0.25) is 14.5 Å². The topological polar surface area (TPSA) is 89.5 Å². The number of phenols is 1. The molecule has 1 N–H and O–H groups in total. The minimum Gasteiger partial charge on any atom is -0.507 e. The van der Waals surface area contributed by atoms with Crippen LogP contribution in [0.15, 0.2) is 30.9 Å². The largest absolute Gasteiger partial charge is 0.507 e.